The maximum atomic E-state index is 12.8. The molecule has 5 nitrogen and oxygen atoms in total. The van der Waals surface area contributed by atoms with Crippen molar-refractivity contribution in [2.45, 2.75) is 12.5 Å². The Hall–Kier alpha value is -1.76. The van der Waals surface area contributed by atoms with Gasteiger partial charge in [-0.2, -0.15) is 0 Å². The molecule has 1 aromatic carbocycles. The number of likely N-dealkylation sites (N-methyl/N-ethyl adjacent to an activating group) is 2. The largest absolute Gasteiger partial charge is 0.390 e. The van der Waals surface area contributed by atoms with E-state index in [1.165, 1.54) is 12.1 Å². The SMILES string of the molecule is CN1CCN(CC(O)CN(C)C(=O)C/C=C/c2ccc(F)cc2)CC1. The van der Waals surface area contributed by atoms with E-state index in [9.17, 15) is 14.3 Å². The van der Waals surface area contributed by atoms with Crippen molar-refractivity contribution in [1.29, 1.82) is 0 Å². The molecular formula is C19H28FN3O2. The molecule has 2 rings (SSSR count). The highest BCUT2D eigenvalue weighted by atomic mass is 19.1. The fourth-order valence-corrected chi connectivity index (χ4v) is 2.83. The van der Waals surface area contributed by atoms with Crippen LogP contribution >= 0.6 is 0 Å². The monoisotopic (exact) mass is 349 g/mol. The average Bonchev–Trinajstić information content (AvgIpc) is 2.58. The Morgan fingerprint density at radius 2 is 1.92 bits per heavy atom. The van der Waals surface area contributed by atoms with Gasteiger partial charge in [-0.1, -0.05) is 24.3 Å². The number of carbonyl (C=O) groups is 1. The topological polar surface area (TPSA) is 47.0 Å². The second-order valence-corrected chi connectivity index (χ2v) is 6.69. The Kier molecular flexibility index (Phi) is 7.55. The maximum absolute atomic E-state index is 12.8. The number of β-amino-alcohol motifs (C(OH)–C–C–N with tert-alkyl or cyclic N) is 1. The highest BCUT2D eigenvalue weighted by molar-refractivity contribution is 5.78. The van der Waals surface area contributed by atoms with Gasteiger partial charge in [0.1, 0.15) is 5.82 Å². The quantitative estimate of drug-likeness (QED) is 0.806. The molecule has 0 aliphatic carbocycles. The minimum absolute atomic E-state index is 0.0456. The Morgan fingerprint density at radius 3 is 2.56 bits per heavy atom. The van der Waals surface area contributed by atoms with E-state index in [1.807, 2.05) is 0 Å². The Balaban J connectivity index is 1.71. The summed E-state index contributed by atoms with van der Waals surface area (Å²) in [7, 11) is 3.81. The molecule has 138 valence electrons. The maximum Gasteiger partial charge on any atom is 0.226 e. The summed E-state index contributed by atoms with van der Waals surface area (Å²) in [5.41, 5.74) is 0.854. The van der Waals surface area contributed by atoms with E-state index in [0.29, 0.717) is 13.1 Å². The number of piperazine rings is 1. The molecule has 1 aromatic rings. The van der Waals surface area contributed by atoms with E-state index in [4.69, 9.17) is 0 Å². The lowest BCUT2D eigenvalue weighted by atomic mass is 10.2. The summed E-state index contributed by atoms with van der Waals surface area (Å²) in [6.07, 6.45) is 3.28. The van der Waals surface area contributed by atoms with E-state index < -0.39 is 6.10 Å². The third-order valence-electron chi connectivity index (χ3n) is 4.45. The second kappa shape index (κ2) is 9.65. The van der Waals surface area contributed by atoms with Crippen LogP contribution in [0.4, 0.5) is 4.39 Å². The minimum Gasteiger partial charge on any atom is -0.390 e. The normalized spacial score (nSPS) is 17.8. The molecule has 1 amide bonds. The molecule has 1 heterocycles. The van der Waals surface area contributed by atoms with E-state index >= 15 is 0 Å². The zero-order valence-electron chi connectivity index (χ0n) is 15.1. The highest BCUT2D eigenvalue weighted by Gasteiger charge is 2.19. The van der Waals surface area contributed by atoms with Crippen molar-refractivity contribution in [3.63, 3.8) is 0 Å². The van der Waals surface area contributed by atoms with Crippen LogP contribution in [0.1, 0.15) is 12.0 Å². The van der Waals surface area contributed by atoms with Crippen molar-refractivity contribution >= 4 is 12.0 Å². The first kappa shape index (κ1) is 19.6. The molecule has 0 bridgehead atoms. The van der Waals surface area contributed by atoms with Crippen LogP contribution in [0.2, 0.25) is 0 Å². The van der Waals surface area contributed by atoms with Crippen molar-refractivity contribution < 1.29 is 14.3 Å². The number of aliphatic hydroxyl groups is 1. The summed E-state index contributed by atoms with van der Waals surface area (Å²) >= 11 is 0. The number of halogens is 1. The molecule has 1 N–H and O–H groups in total. The first-order valence-corrected chi connectivity index (χ1v) is 8.69. The molecular weight excluding hydrogens is 321 g/mol. The molecule has 25 heavy (non-hydrogen) atoms. The van der Waals surface area contributed by atoms with Crippen LogP contribution < -0.4 is 0 Å². The standard InChI is InChI=1S/C19H28FN3O2/c1-21-10-12-23(13-11-21)15-18(24)14-22(2)19(25)5-3-4-16-6-8-17(20)9-7-16/h3-4,6-9,18,24H,5,10-15H2,1-2H3/b4-3+. The summed E-state index contributed by atoms with van der Waals surface area (Å²) in [5, 5.41) is 10.2. The van der Waals surface area contributed by atoms with Crippen LogP contribution in [0.25, 0.3) is 6.08 Å². The zero-order chi connectivity index (χ0) is 18.2. The van der Waals surface area contributed by atoms with Crippen molar-refractivity contribution in [3.8, 4) is 0 Å². The lowest BCUT2D eigenvalue weighted by Crippen LogP contribution is -2.48. The van der Waals surface area contributed by atoms with Gasteiger partial charge in [-0.15, -0.1) is 0 Å². The van der Waals surface area contributed by atoms with E-state index in [2.05, 4.69) is 16.8 Å². The van der Waals surface area contributed by atoms with Gasteiger partial charge in [0.05, 0.1) is 6.10 Å². The molecule has 1 aliphatic heterocycles. The lowest BCUT2D eigenvalue weighted by Gasteiger charge is -2.34. The molecule has 1 aliphatic rings. The van der Waals surface area contributed by atoms with Crippen molar-refractivity contribution in [2.24, 2.45) is 0 Å². The predicted molar refractivity (Wildman–Crippen MR) is 97.6 cm³/mol. The van der Waals surface area contributed by atoms with Crippen LogP contribution in [-0.2, 0) is 4.79 Å². The summed E-state index contributed by atoms with van der Waals surface area (Å²) < 4.78 is 12.8. The fraction of sp³-hybridized carbons (Fsp3) is 0.526. The summed E-state index contributed by atoms with van der Waals surface area (Å²) in [4.78, 5) is 18.2. The third kappa shape index (κ3) is 6.94. The minimum atomic E-state index is -0.543. The summed E-state index contributed by atoms with van der Waals surface area (Å²) in [5.74, 6) is -0.321. The van der Waals surface area contributed by atoms with Gasteiger partial charge in [-0.3, -0.25) is 9.69 Å². The molecule has 0 spiro atoms. The van der Waals surface area contributed by atoms with Crippen LogP contribution in [0, 0.1) is 5.82 Å². The van der Waals surface area contributed by atoms with E-state index in [0.717, 1.165) is 31.7 Å². The third-order valence-corrected chi connectivity index (χ3v) is 4.45. The van der Waals surface area contributed by atoms with E-state index in [-0.39, 0.29) is 18.1 Å². The summed E-state index contributed by atoms with van der Waals surface area (Å²) in [6.45, 7) is 4.84. The van der Waals surface area contributed by atoms with Crippen LogP contribution in [0.15, 0.2) is 30.3 Å². The number of aliphatic hydroxyl groups excluding tert-OH is 1. The van der Waals surface area contributed by atoms with Gasteiger partial charge in [0, 0.05) is 52.7 Å². The van der Waals surface area contributed by atoms with Gasteiger partial charge in [0.2, 0.25) is 5.91 Å². The Labute approximate surface area is 149 Å². The predicted octanol–water partition coefficient (Wildman–Crippen LogP) is 1.30. The molecule has 1 unspecified atom stereocenters. The Bertz CT molecular complexity index is 569. The van der Waals surface area contributed by atoms with Crippen molar-refractivity contribution in [2.75, 3.05) is 53.4 Å². The molecule has 1 fully saturated rings. The van der Waals surface area contributed by atoms with Crippen molar-refractivity contribution in [3.05, 3.63) is 41.7 Å². The van der Waals surface area contributed by atoms with Crippen molar-refractivity contribution in [1.82, 2.24) is 14.7 Å². The van der Waals surface area contributed by atoms with Gasteiger partial charge in [0.25, 0.3) is 0 Å². The highest BCUT2D eigenvalue weighted by Crippen LogP contribution is 2.06. The van der Waals surface area contributed by atoms with Gasteiger partial charge < -0.3 is 14.9 Å². The zero-order valence-corrected chi connectivity index (χ0v) is 15.1. The second-order valence-electron chi connectivity index (χ2n) is 6.69. The first-order chi connectivity index (χ1) is 11.9. The molecule has 0 radical (unpaired) electrons. The molecule has 6 heteroatoms. The molecule has 1 saturated heterocycles. The summed E-state index contributed by atoms with van der Waals surface area (Å²) in [6, 6.07) is 6.12. The molecule has 0 saturated carbocycles. The number of carbonyl (C=O) groups excluding carboxylic acids is 1. The number of rotatable bonds is 7. The van der Waals surface area contributed by atoms with Gasteiger partial charge in [-0.25, -0.2) is 4.39 Å². The smallest absolute Gasteiger partial charge is 0.226 e. The molecule has 0 aromatic heterocycles. The fourth-order valence-electron chi connectivity index (χ4n) is 2.83. The number of nitrogens with zero attached hydrogens (tertiary/aromatic N) is 3. The van der Waals surface area contributed by atoms with Gasteiger partial charge in [-0.05, 0) is 24.7 Å². The number of hydrogen-bond donors (Lipinski definition) is 1. The van der Waals surface area contributed by atoms with Gasteiger partial charge >= 0.3 is 0 Å². The average molecular weight is 349 g/mol. The van der Waals surface area contributed by atoms with Crippen LogP contribution in [-0.4, -0.2) is 85.2 Å². The van der Waals surface area contributed by atoms with Gasteiger partial charge in [0.15, 0.2) is 0 Å². The van der Waals surface area contributed by atoms with Crippen LogP contribution in [0.5, 0.6) is 0 Å². The number of benzene rings is 1. The Morgan fingerprint density at radius 1 is 1.28 bits per heavy atom. The number of hydrogen-bond acceptors (Lipinski definition) is 4. The van der Waals surface area contributed by atoms with Crippen LogP contribution in [0.3, 0.4) is 0 Å². The lowest BCUT2D eigenvalue weighted by molar-refractivity contribution is -0.130. The number of amides is 1. The van der Waals surface area contributed by atoms with E-state index in [1.54, 1.807) is 36.2 Å². The first-order valence-electron chi connectivity index (χ1n) is 8.69. The molecule has 1 atom stereocenters.